The van der Waals surface area contributed by atoms with E-state index in [1.54, 1.807) is 0 Å². The summed E-state index contributed by atoms with van der Waals surface area (Å²) in [6.07, 6.45) is 5.18. The number of aliphatic hydroxyl groups excluding tert-OH is 4. The first-order valence-corrected chi connectivity index (χ1v) is 26.8. The zero-order valence-corrected chi connectivity index (χ0v) is 43.8. The first-order chi connectivity index (χ1) is 30.5. The van der Waals surface area contributed by atoms with Crippen LogP contribution < -0.4 is 29.6 Å². The predicted octanol–water partition coefficient (Wildman–Crippen LogP) is 5.45. The minimum atomic E-state index is -4.42. The average molecular weight is 987 g/mol. The molecule has 8 rings (SSSR count). The largest absolute Gasteiger partial charge is 1.00 e. The Morgan fingerprint density at radius 3 is 1.42 bits per heavy atom. The van der Waals surface area contributed by atoms with Crippen molar-refractivity contribution in [1.29, 1.82) is 0 Å². The zero-order chi connectivity index (χ0) is 48.7. The fourth-order valence-electron chi connectivity index (χ4n) is 17.8. The molecule has 0 aromatic heterocycles. The summed E-state index contributed by atoms with van der Waals surface area (Å²) in [4.78, 5) is 23.1. The summed E-state index contributed by atoms with van der Waals surface area (Å²) < 4.78 is 95.4. The number of esters is 1. The van der Waals surface area contributed by atoms with Gasteiger partial charge in [-0.05, 0) is 183 Å². The van der Waals surface area contributed by atoms with Crippen LogP contribution in [0.1, 0.15) is 157 Å². The summed E-state index contributed by atoms with van der Waals surface area (Å²) in [6.45, 7) is 12.4. The second-order valence-electron chi connectivity index (χ2n) is 24.3. The van der Waals surface area contributed by atoms with Crippen molar-refractivity contribution in [2.45, 2.75) is 193 Å². The molecule has 0 heterocycles. The van der Waals surface area contributed by atoms with Crippen molar-refractivity contribution in [2.24, 2.45) is 92.7 Å². The second-order valence-corrected chi connectivity index (χ2v) is 25.9. The van der Waals surface area contributed by atoms with E-state index in [-0.39, 0.29) is 126 Å². The molecule has 67 heavy (non-hydrogen) atoms. The maximum absolute atomic E-state index is 14.7. The molecule has 11 nitrogen and oxygen atoms in total. The fraction of sp³-hybridized carbons (Fsp3) is 0.960. The van der Waals surface area contributed by atoms with Gasteiger partial charge in [0.25, 0.3) is 11.8 Å². The number of alkyl halides is 4. The van der Waals surface area contributed by atoms with Crippen LogP contribution in [-0.4, -0.2) is 99.1 Å². The van der Waals surface area contributed by atoms with E-state index in [9.17, 15) is 60.5 Å². The summed E-state index contributed by atoms with van der Waals surface area (Å²) >= 11 is 0. The van der Waals surface area contributed by atoms with E-state index < -0.39 is 81.5 Å². The number of fused-ring (bicyclic) bond motifs is 10. The third kappa shape index (κ3) is 10.5. The van der Waals surface area contributed by atoms with Crippen LogP contribution in [0.2, 0.25) is 0 Å². The van der Waals surface area contributed by atoms with Crippen LogP contribution in [0.4, 0.5) is 17.6 Å². The summed E-state index contributed by atoms with van der Waals surface area (Å²) in [5.41, 5.74) is -1.15. The van der Waals surface area contributed by atoms with E-state index in [2.05, 4.69) is 27.7 Å². The standard InChI is InChI=1S/C26H42F2O7S.C24H38F2O4.Na/c1-15(4-7-22(31)35-10-11-36(32,33)34)17-5-6-18-23-19(8-9-24(17,18)2)25(3)14-26(27,28)21(30)13-16(25)12-20(23)29;1-13(4-7-20(29)30)15-5-6-16-21-17(8-9-22(15,16)2)23(3)12-24(25,26)19(28)11-14(23)10-18(21)27;/h15-21,23,29-30H,4-14H2,1-3H3,(H,32,33,34);13-19,21,27-28H,4-12H2,1-3H3,(H,29,30);/q;;+1/p-1/t15-,16-,17-,18?,19?,20+,21-,23?,24-,25+;13-,14-,15-,16?,17?,18+,19-,21?,22-,23+;/m11./s1. The Labute approximate surface area is 418 Å². The van der Waals surface area contributed by atoms with Gasteiger partial charge in [-0.2, -0.15) is 0 Å². The molecule has 5 N–H and O–H groups in total. The Morgan fingerprint density at radius 1 is 0.642 bits per heavy atom. The Balaban J connectivity index is 0.000000221. The number of carbonyl (C=O) groups is 2. The van der Waals surface area contributed by atoms with Crippen LogP contribution in [0, 0.1) is 92.7 Å². The number of hydrogen-bond acceptors (Lipinski definition) is 10. The molecule has 0 spiro atoms. The fourth-order valence-corrected chi connectivity index (χ4v) is 18.1. The Kier molecular flexibility index (Phi) is 16.7. The van der Waals surface area contributed by atoms with E-state index in [4.69, 9.17) is 9.84 Å². The zero-order valence-electron chi connectivity index (χ0n) is 41.0. The summed E-state index contributed by atoms with van der Waals surface area (Å²) in [5, 5.41) is 51.6. The first-order valence-electron chi connectivity index (χ1n) is 25.3. The van der Waals surface area contributed by atoms with E-state index in [1.165, 1.54) is 0 Å². The normalized spacial score (nSPS) is 46.8. The third-order valence-electron chi connectivity index (χ3n) is 21.1. The van der Waals surface area contributed by atoms with Crippen LogP contribution >= 0.6 is 0 Å². The molecule has 380 valence electrons. The van der Waals surface area contributed by atoms with E-state index >= 15 is 0 Å². The maximum Gasteiger partial charge on any atom is 1.00 e. The van der Waals surface area contributed by atoms with E-state index in [0.717, 1.165) is 51.4 Å². The number of rotatable bonds is 11. The number of hydrogen-bond donors (Lipinski definition) is 5. The molecular weight excluding hydrogens is 908 g/mol. The van der Waals surface area contributed by atoms with E-state index in [0.29, 0.717) is 49.4 Å². The molecule has 8 aliphatic carbocycles. The molecule has 8 aliphatic rings. The third-order valence-corrected chi connectivity index (χ3v) is 21.8. The van der Waals surface area contributed by atoms with Gasteiger partial charge in [0, 0.05) is 25.7 Å². The molecule has 8 saturated carbocycles. The Bertz CT molecular complexity index is 1900. The van der Waals surface area contributed by atoms with Crippen LogP contribution in [0.25, 0.3) is 0 Å². The predicted molar refractivity (Wildman–Crippen MR) is 236 cm³/mol. The van der Waals surface area contributed by atoms with Crippen LogP contribution in [0.5, 0.6) is 0 Å². The first kappa shape index (κ1) is 55.7. The van der Waals surface area contributed by atoms with Gasteiger partial charge in [-0.15, -0.1) is 0 Å². The maximum atomic E-state index is 14.7. The molecule has 6 unspecified atom stereocenters. The summed E-state index contributed by atoms with van der Waals surface area (Å²) in [6, 6.07) is 0. The van der Waals surface area contributed by atoms with Gasteiger partial charge in [0.2, 0.25) is 0 Å². The van der Waals surface area contributed by atoms with Gasteiger partial charge in [-0.3, -0.25) is 9.59 Å². The summed E-state index contributed by atoms with van der Waals surface area (Å²) in [5.74, 6) is -6.45. The smallest absolute Gasteiger partial charge is 0.748 e. The number of aliphatic hydroxyl groups is 4. The summed E-state index contributed by atoms with van der Waals surface area (Å²) in [7, 11) is -4.42. The van der Waals surface area contributed by atoms with Crippen molar-refractivity contribution >= 4 is 22.1 Å². The van der Waals surface area contributed by atoms with Crippen molar-refractivity contribution in [3.63, 3.8) is 0 Å². The SMILES string of the molecule is C[C@H](CCC(=O)O)[C@H]1CCC2C3C(CC[C@@]21C)[C@@]1(C)CC(F)(F)[C@H](O)C[C@H]1C[C@@H]3O.C[C@H](CCC(=O)OCCS(=O)(=O)[O-])[C@H]1CCC2C3C(CC[C@@]21C)[C@@]1(C)CC(F)(F)[C@H](O)C[C@H]1C[C@@H]3O.[Na+]. The van der Waals surface area contributed by atoms with Gasteiger partial charge in [-0.25, -0.2) is 26.0 Å². The van der Waals surface area contributed by atoms with Crippen molar-refractivity contribution in [2.75, 3.05) is 12.4 Å². The van der Waals surface area contributed by atoms with Crippen LogP contribution in [0.15, 0.2) is 0 Å². The van der Waals surface area contributed by atoms with Crippen molar-refractivity contribution < 1.29 is 99.9 Å². The van der Waals surface area contributed by atoms with Gasteiger partial charge in [0.05, 0.1) is 28.1 Å². The van der Waals surface area contributed by atoms with Gasteiger partial charge in [0.1, 0.15) is 18.8 Å². The second kappa shape index (κ2) is 20.0. The number of carboxylic acid groups (broad SMARTS) is 1. The van der Waals surface area contributed by atoms with Gasteiger partial charge >= 0.3 is 41.5 Å². The van der Waals surface area contributed by atoms with Gasteiger partial charge < -0.3 is 34.8 Å². The number of aliphatic carboxylic acids is 1. The molecule has 8 fully saturated rings. The molecular formula is C50H79F4NaO11S. The molecule has 0 aliphatic heterocycles. The van der Waals surface area contributed by atoms with Crippen LogP contribution in [0.3, 0.4) is 0 Å². The Morgan fingerprint density at radius 2 is 1.03 bits per heavy atom. The molecule has 0 saturated heterocycles. The molecule has 0 bridgehead atoms. The van der Waals surface area contributed by atoms with Crippen molar-refractivity contribution in [3.05, 3.63) is 0 Å². The topological polar surface area (TPSA) is 202 Å². The van der Waals surface area contributed by atoms with Crippen molar-refractivity contribution in [1.82, 2.24) is 0 Å². The Hall–Kier alpha value is -0.590. The minimum Gasteiger partial charge on any atom is -0.748 e. The quantitative estimate of drug-likeness (QED) is 0.0763. The molecule has 17 heteroatoms. The van der Waals surface area contributed by atoms with Gasteiger partial charge in [0.15, 0.2) is 0 Å². The number of halogens is 4. The minimum absolute atomic E-state index is 0. The van der Waals surface area contributed by atoms with Crippen molar-refractivity contribution in [3.8, 4) is 0 Å². The number of carbonyl (C=O) groups excluding carboxylic acids is 1. The monoisotopic (exact) mass is 987 g/mol. The molecule has 0 amide bonds. The number of carboxylic acids is 1. The average Bonchev–Trinajstić information content (AvgIpc) is 3.74. The molecule has 0 aromatic rings. The van der Waals surface area contributed by atoms with E-state index in [1.807, 2.05) is 13.8 Å². The van der Waals surface area contributed by atoms with Gasteiger partial charge in [-0.1, -0.05) is 41.5 Å². The molecule has 0 radical (unpaired) electrons. The van der Waals surface area contributed by atoms with Crippen LogP contribution in [-0.2, 0) is 24.4 Å². The molecule has 20 atom stereocenters. The number of ether oxygens (including phenoxy) is 1. The molecule has 0 aromatic carbocycles.